The molecule has 0 spiro atoms. The predicted molar refractivity (Wildman–Crippen MR) is 52.6 cm³/mol. The number of hydrogen-bond acceptors (Lipinski definition) is 2. The van der Waals surface area contributed by atoms with Gasteiger partial charge in [0.25, 0.3) is 0 Å². The number of amides is 1. The van der Waals surface area contributed by atoms with Gasteiger partial charge in [-0.1, -0.05) is 32.9 Å². The minimum absolute atomic E-state index is 0.0347. The Kier molecular flexibility index (Phi) is 2.76. The van der Waals surface area contributed by atoms with Crippen molar-refractivity contribution in [3.05, 3.63) is 24.4 Å². The van der Waals surface area contributed by atoms with Gasteiger partial charge in [0.15, 0.2) is 0 Å². The minimum atomic E-state index is -0.338. The van der Waals surface area contributed by atoms with Crippen LogP contribution in [0.25, 0.3) is 0 Å². The number of nitrogens with zero attached hydrogens (tertiary/aromatic N) is 1. The van der Waals surface area contributed by atoms with E-state index in [4.69, 9.17) is 0 Å². The van der Waals surface area contributed by atoms with Gasteiger partial charge < -0.3 is 0 Å². The van der Waals surface area contributed by atoms with E-state index in [-0.39, 0.29) is 11.3 Å². The minimum Gasteiger partial charge on any atom is -0.289 e. The lowest BCUT2D eigenvalue weighted by Gasteiger charge is -2.26. The van der Waals surface area contributed by atoms with E-state index in [9.17, 15) is 4.79 Å². The van der Waals surface area contributed by atoms with Gasteiger partial charge in [0.05, 0.1) is 6.54 Å². The third-order valence-electron chi connectivity index (χ3n) is 1.74. The summed E-state index contributed by atoms with van der Waals surface area (Å²) in [6.07, 6.45) is 7.69. The first-order chi connectivity index (χ1) is 6.00. The van der Waals surface area contributed by atoms with Crippen molar-refractivity contribution in [2.75, 3.05) is 6.54 Å². The number of carbonyl (C=O) groups excluding carboxylic acids is 1. The highest BCUT2D eigenvalue weighted by molar-refractivity contribution is 5.80. The lowest BCUT2D eigenvalue weighted by atomic mass is 9.96. The molecular formula is C10H16N2O. The second-order valence-electron chi connectivity index (χ2n) is 4.11. The molecule has 13 heavy (non-hydrogen) atoms. The molecule has 0 radical (unpaired) electrons. The van der Waals surface area contributed by atoms with Crippen LogP contribution in [0.5, 0.6) is 0 Å². The Morgan fingerprint density at radius 1 is 1.38 bits per heavy atom. The fourth-order valence-corrected chi connectivity index (χ4v) is 0.848. The van der Waals surface area contributed by atoms with Gasteiger partial charge in [-0.2, -0.15) is 0 Å². The van der Waals surface area contributed by atoms with E-state index in [1.807, 2.05) is 45.2 Å². The molecule has 1 rings (SSSR count). The van der Waals surface area contributed by atoms with Gasteiger partial charge in [0.2, 0.25) is 5.91 Å². The number of allylic oxidation sites excluding steroid dienone is 2. The normalized spacial score (nSPS) is 16.1. The largest absolute Gasteiger partial charge is 0.289 e. The van der Waals surface area contributed by atoms with Crippen LogP contribution in [-0.4, -0.2) is 17.5 Å². The van der Waals surface area contributed by atoms with Gasteiger partial charge >= 0.3 is 0 Å². The molecule has 0 aromatic carbocycles. The van der Waals surface area contributed by atoms with Crippen molar-refractivity contribution in [3.63, 3.8) is 0 Å². The maximum absolute atomic E-state index is 11.5. The van der Waals surface area contributed by atoms with Gasteiger partial charge in [-0.3, -0.25) is 15.2 Å². The first-order valence-electron chi connectivity index (χ1n) is 4.41. The van der Waals surface area contributed by atoms with Gasteiger partial charge in [-0.15, -0.1) is 0 Å². The van der Waals surface area contributed by atoms with Crippen LogP contribution >= 0.6 is 0 Å². The summed E-state index contributed by atoms with van der Waals surface area (Å²) in [5.74, 6) is 0.0347. The van der Waals surface area contributed by atoms with E-state index < -0.39 is 0 Å². The summed E-state index contributed by atoms with van der Waals surface area (Å²) in [7, 11) is 0. The van der Waals surface area contributed by atoms with E-state index in [0.29, 0.717) is 0 Å². The van der Waals surface area contributed by atoms with E-state index in [1.165, 1.54) is 0 Å². The van der Waals surface area contributed by atoms with Crippen LogP contribution < -0.4 is 5.43 Å². The highest BCUT2D eigenvalue weighted by Crippen LogP contribution is 2.12. The zero-order chi connectivity index (χ0) is 9.90. The van der Waals surface area contributed by atoms with E-state index in [1.54, 1.807) is 5.01 Å². The third kappa shape index (κ3) is 2.93. The average molecular weight is 180 g/mol. The van der Waals surface area contributed by atoms with Crippen molar-refractivity contribution < 1.29 is 4.79 Å². The molecule has 0 atom stereocenters. The van der Waals surface area contributed by atoms with Crippen LogP contribution in [0.15, 0.2) is 24.4 Å². The summed E-state index contributed by atoms with van der Waals surface area (Å²) in [4.78, 5) is 11.5. The van der Waals surface area contributed by atoms with Crippen molar-refractivity contribution in [2.24, 2.45) is 5.41 Å². The Hall–Kier alpha value is -1.25. The summed E-state index contributed by atoms with van der Waals surface area (Å²) in [5, 5.41) is 1.77. The summed E-state index contributed by atoms with van der Waals surface area (Å²) < 4.78 is 0. The quantitative estimate of drug-likeness (QED) is 0.662. The molecule has 1 amide bonds. The lowest BCUT2D eigenvalue weighted by molar-refractivity contribution is -0.132. The Balaban J connectivity index is 2.46. The summed E-state index contributed by atoms with van der Waals surface area (Å²) in [6.45, 7) is 6.42. The summed E-state index contributed by atoms with van der Waals surface area (Å²) in [5.41, 5.74) is 2.48. The van der Waals surface area contributed by atoms with Crippen molar-refractivity contribution >= 4 is 5.91 Å². The Morgan fingerprint density at radius 2 is 2.08 bits per heavy atom. The van der Waals surface area contributed by atoms with Crippen molar-refractivity contribution in [2.45, 2.75) is 20.8 Å². The smallest absolute Gasteiger partial charge is 0.243 e. The molecule has 1 aliphatic heterocycles. The molecule has 0 saturated carbocycles. The Labute approximate surface area is 79.1 Å². The highest BCUT2D eigenvalue weighted by Gasteiger charge is 2.22. The lowest BCUT2D eigenvalue weighted by Crippen LogP contribution is -2.44. The summed E-state index contributed by atoms with van der Waals surface area (Å²) in [6, 6.07) is 0. The number of hydrazine groups is 1. The number of carbonyl (C=O) groups is 1. The third-order valence-corrected chi connectivity index (χ3v) is 1.74. The second kappa shape index (κ2) is 3.64. The van der Waals surface area contributed by atoms with Crippen LogP contribution in [0.4, 0.5) is 0 Å². The molecule has 0 unspecified atom stereocenters. The maximum atomic E-state index is 11.5. The van der Waals surface area contributed by atoms with Crippen molar-refractivity contribution in [1.82, 2.24) is 10.4 Å². The number of hydrogen-bond donors (Lipinski definition) is 1. The Bertz CT molecular complexity index is 248. The number of nitrogens with one attached hydrogen (secondary N) is 1. The topological polar surface area (TPSA) is 32.3 Å². The first kappa shape index (κ1) is 9.84. The van der Waals surface area contributed by atoms with Crippen LogP contribution in [0.3, 0.4) is 0 Å². The SMILES string of the molecule is CC(C)(C)C(=O)NN1C=CC=CC1. The standard InChI is InChI=1S/C10H16N2O/c1-10(2,3)9(13)11-12-7-5-4-6-8-12/h4-7H,8H2,1-3H3,(H,11,13). The first-order valence-corrected chi connectivity index (χ1v) is 4.41. The van der Waals surface area contributed by atoms with Crippen molar-refractivity contribution in [1.29, 1.82) is 0 Å². The van der Waals surface area contributed by atoms with Crippen molar-refractivity contribution in [3.8, 4) is 0 Å². The highest BCUT2D eigenvalue weighted by atomic mass is 16.2. The molecule has 0 aromatic heterocycles. The molecule has 0 fully saturated rings. The van der Waals surface area contributed by atoms with Crippen LogP contribution in [0, 0.1) is 5.41 Å². The van der Waals surface area contributed by atoms with E-state index in [2.05, 4.69) is 5.43 Å². The van der Waals surface area contributed by atoms with E-state index >= 15 is 0 Å². The fraction of sp³-hybridized carbons (Fsp3) is 0.500. The monoisotopic (exact) mass is 180 g/mol. The number of rotatable bonds is 1. The fourth-order valence-electron chi connectivity index (χ4n) is 0.848. The molecule has 3 heteroatoms. The van der Waals surface area contributed by atoms with Gasteiger partial charge in [-0.05, 0) is 6.08 Å². The molecule has 3 nitrogen and oxygen atoms in total. The molecule has 0 aromatic rings. The zero-order valence-electron chi connectivity index (χ0n) is 8.37. The maximum Gasteiger partial charge on any atom is 0.243 e. The molecule has 1 heterocycles. The zero-order valence-corrected chi connectivity index (χ0v) is 8.37. The Morgan fingerprint density at radius 3 is 2.54 bits per heavy atom. The molecule has 1 N–H and O–H groups in total. The van der Waals surface area contributed by atoms with Crippen LogP contribution in [-0.2, 0) is 4.79 Å². The van der Waals surface area contributed by atoms with E-state index in [0.717, 1.165) is 6.54 Å². The van der Waals surface area contributed by atoms with Crippen LogP contribution in [0.2, 0.25) is 0 Å². The molecule has 0 aliphatic carbocycles. The summed E-state index contributed by atoms with van der Waals surface area (Å²) >= 11 is 0. The molecular weight excluding hydrogens is 164 g/mol. The molecule has 0 saturated heterocycles. The second-order valence-corrected chi connectivity index (χ2v) is 4.11. The molecule has 0 bridgehead atoms. The average Bonchev–Trinajstić information content (AvgIpc) is 2.04. The van der Waals surface area contributed by atoms with Gasteiger partial charge in [0.1, 0.15) is 0 Å². The molecule has 1 aliphatic rings. The van der Waals surface area contributed by atoms with Crippen LogP contribution in [0.1, 0.15) is 20.8 Å². The van der Waals surface area contributed by atoms with Gasteiger partial charge in [-0.25, -0.2) is 0 Å². The predicted octanol–water partition coefficient (Wildman–Crippen LogP) is 1.45. The van der Waals surface area contributed by atoms with Gasteiger partial charge in [0, 0.05) is 11.6 Å². The molecule has 72 valence electrons.